The second kappa shape index (κ2) is 8.08. The average Bonchev–Trinajstić information content (AvgIpc) is 2.46. The smallest absolute Gasteiger partial charge is 0.0234 e. The molecule has 0 amide bonds. The van der Waals surface area contributed by atoms with Crippen molar-refractivity contribution in [2.24, 2.45) is 5.92 Å². The summed E-state index contributed by atoms with van der Waals surface area (Å²) in [6.45, 7) is 2.27. The highest BCUT2D eigenvalue weighted by Gasteiger charge is 2.07. The zero-order chi connectivity index (χ0) is 10.1. The number of hydrogen-bond donors (Lipinski definition) is 0. The lowest BCUT2D eigenvalue weighted by Gasteiger charge is -2.07. The highest BCUT2D eigenvalue weighted by Crippen LogP contribution is 2.23. The van der Waals surface area contributed by atoms with Gasteiger partial charge in [0, 0.05) is 0 Å². The highest BCUT2D eigenvalue weighted by molar-refractivity contribution is 4.89. The number of unbranched alkanes of at least 4 members (excludes halogenated alkanes) is 3. The quantitative estimate of drug-likeness (QED) is 0.325. The molecular formula is C14H26. The van der Waals surface area contributed by atoms with Crippen LogP contribution in [0.4, 0.5) is 0 Å². The Kier molecular flexibility index (Phi) is 6.82. The van der Waals surface area contributed by atoms with E-state index in [1.165, 1.54) is 64.2 Å². The van der Waals surface area contributed by atoms with E-state index in [4.69, 9.17) is 0 Å². The number of hydrogen-bond acceptors (Lipinski definition) is 0. The topological polar surface area (TPSA) is 0 Å². The van der Waals surface area contributed by atoms with E-state index in [-0.39, 0.29) is 0 Å². The Morgan fingerprint density at radius 1 is 1.00 bits per heavy atom. The molecule has 0 heteroatoms. The molecule has 0 bridgehead atoms. The predicted octanol–water partition coefficient (Wildman–Crippen LogP) is 5.09. The van der Waals surface area contributed by atoms with Gasteiger partial charge >= 0.3 is 0 Å². The maximum absolute atomic E-state index is 2.50. The molecule has 0 nitrogen and oxygen atoms in total. The lowest BCUT2D eigenvalue weighted by molar-refractivity contribution is 0.556. The predicted molar refractivity (Wildman–Crippen MR) is 64.5 cm³/mol. The van der Waals surface area contributed by atoms with Crippen molar-refractivity contribution in [3.05, 3.63) is 12.2 Å². The Morgan fingerprint density at radius 3 is 2.36 bits per heavy atom. The summed E-state index contributed by atoms with van der Waals surface area (Å²) in [6, 6.07) is 0. The van der Waals surface area contributed by atoms with Crippen molar-refractivity contribution in [2.45, 2.75) is 71.1 Å². The van der Waals surface area contributed by atoms with Crippen LogP contribution < -0.4 is 0 Å². The van der Waals surface area contributed by atoms with Crippen molar-refractivity contribution in [2.75, 3.05) is 0 Å². The van der Waals surface area contributed by atoms with Crippen LogP contribution in [-0.4, -0.2) is 0 Å². The third-order valence-electron chi connectivity index (χ3n) is 3.28. The first-order valence-electron chi connectivity index (χ1n) is 6.60. The van der Waals surface area contributed by atoms with E-state index in [0.29, 0.717) is 0 Å². The fourth-order valence-corrected chi connectivity index (χ4v) is 2.30. The van der Waals surface area contributed by atoms with Crippen LogP contribution in [0.2, 0.25) is 0 Å². The van der Waals surface area contributed by atoms with Crippen LogP contribution in [0.5, 0.6) is 0 Å². The van der Waals surface area contributed by atoms with E-state index in [1.54, 1.807) is 0 Å². The largest absolute Gasteiger partial charge is 0.0883 e. The van der Waals surface area contributed by atoms with Gasteiger partial charge in [0.2, 0.25) is 0 Å². The molecule has 1 aliphatic carbocycles. The Balaban J connectivity index is 2.08. The van der Waals surface area contributed by atoms with Crippen LogP contribution in [0, 0.1) is 5.92 Å². The van der Waals surface area contributed by atoms with Crippen molar-refractivity contribution in [3.8, 4) is 0 Å². The van der Waals surface area contributed by atoms with E-state index in [1.807, 2.05) is 0 Å². The van der Waals surface area contributed by atoms with Crippen molar-refractivity contribution in [1.82, 2.24) is 0 Å². The molecule has 1 fully saturated rings. The average molecular weight is 194 g/mol. The van der Waals surface area contributed by atoms with Crippen LogP contribution >= 0.6 is 0 Å². The molecular weight excluding hydrogens is 168 g/mol. The monoisotopic (exact) mass is 194 g/mol. The minimum absolute atomic E-state index is 0.916. The third-order valence-corrected chi connectivity index (χ3v) is 3.28. The van der Waals surface area contributed by atoms with Gasteiger partial charge in [0.05, 0.1) is 0 Å². The van der Waals surface area contributed by atoms with Crippen LogP contribution in [0.15, 0.2) is 12.2 Å². The number of rotatable bonds is 5. The van der Waals surface area contributed by atoms with E-state index in [2.05, 4.69) is 19.1 Å². The summed E-state index contributed by atoms with van der Waals surface area (Å²) in [5.74, 6) is 0.916. The van der Waals surface area contributed by atoms with Crippen molar-refractivity contribution in [1.29, 1.82) is 0 Å². The van der Waals surface area contributed by atoms with Crippen molar-refractivity contribution in [3.63, 3.8) is 0 Å². The standard InChI is InChI=1S/C14H26/c1-2-3-4-5-8-11-14-12-9-6-7-10-13-14/h8,11,14H,2-7,9-10,12-13H2,1H3/b11-8+. The molecule has 0 radical (unpaired) electrons. The molecule has 0 saturated heterocycles. The number of allylic oxidation sites excluding steroid dienone is 2. The zero-order valence-electron chi connectivity index (χ0n) is 9.80. The summed E-state index contributed by atoms with van der Waals surface area (Å²) in [7, 11) is 0. The first kappa shape index (κ1) is 11.8. The molecule has 0 unspecified atom stereocenters. The second-order valence-corrected chi connectivity index (χ2v) is 4.68. The summed E-state index contributed by atoms with van der Waals surface area (Å²) >= 11 is 0. The third kappa shape index (κ3) is 5.47. The molecule has 0 aromatic heterocycles. The van der Waals surface area contributed by atoms with E-state index in [0.717, 1.165) is 5.92 Å². The summed E-state index contributed by atoms with van der Waals surface area (Å²) < 4.78 is 0. The van der Waals surface area contributed by atoms with E-state index < -0.39 is 0 Å². The van der Waals surface area contributed by atoms with Gasteiger partial charge in [0.15, 0.2) is 0 Å². The second-order valence-electron chi connectivity index (χ2n) is 4.68. The molecule has 0 heterocycles. The molecule has 1 saturated carbocycles. The molecule has 82 valence electrons. The van der Waals surface area contributed by atoms with Gasteiger partial charge in [-0.05, 0) is 31.6 Å². The summed E-state index contributed by atoms with van der Waals surface area (Å²) in [4.78, 5) is 0. The molecule has 14 heavy (non-hydrogen) atoms. The first-order valence-corrected chi connectivity index (χ1v) is 6.60. The van der Waals surface area contributed by atoms with Crippen LogP contribution in [0.25, 0.3) is 0 Å². The van der Waals surface area contributed by atoms with Crippen molar-refractivity contribution < 1.29 is 0 Å². The fourth-order valence-electron chi connectivity index (χ4n) is 2.30. The van der Waals surface area contributed by atoms with Gasteiger partial charge in [0.25, 0.3) is 0 Å². The molecule has 0 aromatic carbocycles. The van der Waals surface area contributed by atoms with Gasteiger partial charge in [-0.3, -0.25) is 0 Å². The van der Waals surface area contributed by atoms with E-state index in [9.17, 15) is 0 Å². The molecule has 0 aromatic rings. The van der Waals surface area contributed by atoms with Crippen LogP contribution in [-0.2, 0) is 0 Å². The Hall–Kier alpha value is -0.260. The zero-order valence-corrected chi connectivity index (χ0v) is 9.80. The maximum Gasteiger partial charge on any atom is -0.0234 e. The van der Waals surface area contributed by atoms with Gasteiger partial charge in [0.1, 0.15) is 0 Å². The maximum atomic E-state index is 2.50. The Morgan fingerprint density at radius 2 is 1.71 bits per heavy atom. The van der Waals surface area contributed by atoms with Gasteiger partial charge < -0.3 is 0 Å². The highest BCUT2D eigenvalue weighted by atomic mass is 14.1. The van der Waals surface area contributed by atoms with Crippen LogP contribution in [0.3, 0.4) is 0 Å². The molecule has 0 N–H and O–H groups in total. The minimum atomic E-state index is 0.916. The lowest BCUT2D eigenvalue weighted by Crippen LogP contribution is -1.92. The van der Waals surface area contributed by atoms with Crippen molar-refractivity contribution >= 4 is 0 Å². The SMILES string of the molecule is CCCCC/C=C/C1CCCCCC1. The molecule has 0 atom stereocenters. The molecule has 1 rings (SSSR count). The molecule has 0 spiro atoms. The van der Waals surface area contributed by atoms with Gasteiger partial charge in [-0.2, -0.15) is 0 Å². The Bertz CT molecular complexity index is 138. The minimum Gasteiger partial charge on any atom is -0.0883 e. The van der Waals surface area contributed by atoms with Crippen LogP contribution in [0.1, 0.15) is 71.1 Å². The molecule has 0 aliphatic heterocycles. The molecule has 1 aliphatic rings. The lowest BCUT2D eigenvalue weighted by atomic mass is 9.99. The van der Waals surface area contributed by atoms with Gasteiger partial charge in [-0.1, -0.05) is 57.6 Å². The summed E-state index contributed by atoms with van der Waals surface area (Å²) in [6.07, 6.45) is 19.1. The summed E-state index contributed by atoms with van der Waals surface area (Å²) in [5.41, 5.74) is 0. The van der Waals surface area contributed by atoms with Gasteiger partial charge in [-0.25, -0.2) is 0 Å². The fraction of sp³-hybridized carbons (Fsp3) is 0.857. The van der Waals surface area contributed by atoms with Gasteiger partial charge in [-0.15, -0.1) is 0 Å². The van der Waals surface area contributed by atoms with E-state index >= 15 is 0 Å². The summed E-state index contributed by atoms with van der Waals surface area (Å²) in [5, 5.41) is 0. The first-order chi connectivity index (χ1) is 6.93. The Labute approximate surface area is 89.8 Å². The normalized spacial score (nSPS) is 20.1.